The van der Waals surface area contributed by atoms with Gasteiger partial charge in [-0.05, 0) is 24.5 Å². The van der Waals surface area contributed by atoms with Crippen LogP contribution in [0.15, 0.2) is 24.5 Å². The van der Waals surface area contributed by atoms with Crippen LogP contribution in [-0.4, -0.2) is 28.8 Å². The Morgan fingerprint density at radius 3 is 2.63 bits per heavy atom. The van der Waals surface area contributed by atoms with Gasteiger partial charge in [0, 0.05) is 18.4 Å². The van der Waals surface area contributed by atoms with Crippen LogP contribution in [0.3, 0.4) is 0 Å². The monoisotopic (exact) mass is 264 g/mol. The van der Waals surface area contributed by atoms with Gasteiger partial charge in [-0.1, -0.05) is 32.1 Å². The van der Waals surface area contributed by atoms with E-state index in [9.17, 15) is 5.11 Å². The largest absolute Gasteiger partial charge is 0.491 e. The molecule has 0 aromatic carbocycles. The van der Waals surface area contributed by atoms with Crippen molar-refractivity contribution >= 4 is 0 Å². The number of pyridine rings is 1. The molecule has 4 heteroatoms. The fraction of sp³-hybridized carbons (Fsp3) is 0.667. The Kier molecular flexibility index (Phi) is 5.61. The molecule has 2 atom stereocenters. The van der Waals surface area contributed by atoms with Gasteiger partial charge in [-0.25, -0.2) is 0 Å². The third-order valence-electron chi connectivity index (χ3n) is 3.89. The molecule has 106 valence electrons. The van der Waals surface area contributed by atoms with Gasteiger partial charge in [0.25, 0.3) is 0 Å². The summed E-state index contributed by atoms with van der Waals surface area (Å²) in [6.07, 6.45) is 10.1. The highest BCUT2D eigenvalue weighted by atomic mass is 16.5. The highest BCUT2D eigenvalue weighted by Gasteiger charge is 2.22. The summed E-state index contributed by atoms with van der Waals surface area (Å²) in [4.78, 5) is 3.92. The number of aliphatic hydroxyl groups excluding tert-OH is 1. The molecule has 0 aliphatic heterocycles. The van der Waals surface area contributed by atoms with E-state index in [0.29, 0.717) is 5.92 Å². The molecule has 1 saturated carbocycles. The fourth-order valence-electron chi connectivity index (χ4n) is 2.70. The predicted molar refractivity (Wildman–Crippen MR) is 74.9 cm³/mol. The summed E-state index contributed by atoms with van der Waals surface area (Å²) in [5, 5.41) is 10.0. The maximum absolute atomic E-state index is 10.0. The molecule has 0 amide bonds. The maximum Gasteiger partial charge on any atom is 0.122 e. The van der Waals surface area contributed by atoms with Crippen LogP contribution in [0, 0.1) is 5.92 Å². The Labute approximate surface area is 115 Å². The lowest BCUT2D eigenvalue weighted by Crippen LogP contribution is -2.40. The summed E-state index contributed by atoms with van der Waals surface area (Å²) in [5.74, 6) is 1.40. The van der Waals surface area contributed by atoms with Crippen LogP contribution in [0.2, 0.25) is 0 Å². The number of rotatable bonds is 6. The molecule has 1 aliphatic rings. The van der Waals surface area contributed by atoms with E-state index in [-0.39, 0.29) is 12.6 Å². The second kappa shape index (κ2) is 7.46. The van der Waals surface area contributed by atoms with Gasteiger partial charge in [-0.2, -0.15) is 0 Å². The van der Waals surface area contributed by atoms with Crippen LogP contribution in [-0.2, 0) is 0 Å². The molecule has 1 aromatic rings. The Hall–Kier alpha value is -1.13. The van der Waals surface area contributed by atoms with E-state index in [2.05, 4.69) is 4.98 Å². The van der Waals surface area contributed by atoms with Gasteiger partial charge in [0.1, 0.15) is 18.5 Å². The lowest BCUT2D eigenvalue weighted by Gasteiger charge is -2.27. The first-order chi connectivity index (χ1) is 9.25. The molecule has 0 spiro atoms. The molecule has 0 radical (unpaired) electrons. The molecule has 4 nitrogen and oxygen atoms in total. The average molecular weight is 264 g/mol. The van der Waals surface area contributed by atoms with Crippen molar-refractivity contribution in [2.45, 2.75) is 50.7 Å². The molecule has 0 saturated heterocycles. The molecule has 1 heterocycles. The summed E-state index contributed by atoms with van der Waals surface area (Å²) in [6.45, 7) is 0.248. The summed E-state index contributed by atoms with van der Waals surface area (Å²) in [6, 6.07) is 3.36. The van der Waals surface area contributed by atoms with E-state index in [1.165, 1.54) is 32.1 Å². The maximum atomic E-state index is 10.0. The smallest absolute Gasteiger partial charge is 0.122 e. The van der Waals surface area contributed by atoms with Crippen LogP contribution in [0.25, 0.3) is 0 Å². The Balaban J connectivity index is 1.71. The lowest BCUT2D eigenvalue weighted by molar-refractivity contribution is 0.0747. The molecule has 1 aromatic heterocycles. The molecule has 1 aliphatic carbocycles. The van der Waals surface area contributed by atoms with Crippen molar-refractivity contribution in [2.75, 3.05) is 6.61 Å². The normalized spacial score (nSPS) is 19.9. The summed E-state index contributed by atoms with van der Waals surface area (Å²) in [7, 11) is 0. The zero-order chi connectivity index (χ0) is 13.5. The van der Waals surface area contributed by atoms with Gasteiger partial charge in [0.2, 0.25) is 0 Å². The summed E-state index contributed by atoms with van der Waals surface area (Å²) >= 11 is 0. The van der Waals surface area contributed by atoms with E-state index in [0.717, 1.165) is 12.2 Å². The zero-order valence-corrected chi connectivity index (χ0v) is 11.4. The molecule has 0 unspecified atom stereocenters. The number of aromatic nitrogens is 1. The quantitative estimate of drug-likeness (QED) is 0.826. The molecular weight excluding hydrogens is 240 g/mol. The van der Waals surface area contributed by atoms with Crippen LogP contribution in [0.5, 0.6) is 5.75 Å². The second-order valence-corrected chi connectivity index (χ2v) is 5.46. The van der Waals surface area contributed by atoms with E-state index >= 15 is 0 Å². The molecule has 0 bridgehead atoms. The first-order valence-corrected chi connectivity index (χ1v) is 7.22. The molecule has 1 fully saturated rings. The van der Waals surface area contributed by atoms with Crippen LogP contribution in [0.1, 0.15) is 38.5 Å². The van der Waals surface area contributed by atoms with Gasteiger partial charge in [0.15, 0.2) is 0 Å². The van der Waals surface area contributed by atoms with E-state index in [1.54, 1.807) is 24.5 Å². The van der Waals surface area contributed by atoms with E-state index in [1.807, 2.05) is 0 Å². The number of nitrogens with zero attached hydrogens (tertiary/aromatic N) is 1. The minimum atomic E-state index is -0.602. The highest BCUT2D eigenvalue weighted by Crippen LogP contribution is 2.27. The topological polar surface area (TPSA) is 68.4 Å². The minimum Gasteiger partial charge on any atom is -0.491 e. The van der Waals surface area contributed by atoms with Gasteiger partial charge >= 0.3 is 0 Å². The average Bonchev–Trinajstić information content (AvgIpc) is 2.47. The highest BCUT2D eigenvalue weighted by molar-refractivity contribution is 5.16. The second-order valence-electron chi connectivity index (χ2n) is 5.46. The molecule has 2 rings (SSSR count). The Bertz CT molecular complexity index is 352. The molecular formula is C15H24N2O2. The number of ether oxygens (including phenoxy) is 1. The zero-order valence-electron chi connectivity index (χ0n) is 11.4. The van der Waals surface area contributed by atoms with Crippen molar-refractivity contribution in [3.63, 3.8) is 0 Å². The lowest BCUT2D eigenvalue weighted by atomic mass is 9.84. The SMILES string of the molecule is N[C@@H](CC1CCCCC1)[C@@H](O)COc1ccncc1. The Morgan fingerprint density at radius 1 is 1.26 bits per heavy atom. The van der Waals surface area contributed by atoms with Crippen molar-refractivity contribution in [3.8, 4) is 5.75 Å². The van der Waals surface area contributed by atoms with Crippen LogP contribution < -0.4 is 10.5 Å². The first-order valence-electron chi connectivity index (χ1n) is 7.22. The van der Waals surface area contributed by atoms with Gasteiger partial charge < -0.3 is 15.6 Å². The third-order valence-corrected chi connectivity index (χ3v) is 3.89. The first kappa shape index (κ1) is 14.3. The predicted octanol–water partition coefficient (Wildman–Crippen LogP) is 2.12. The summed E-state index contributed by atoms with van der Waals surface area (Å²) < 4.78 is 5.51. The standard InChI is InChI=1S/C15H24N2O2/c16-14(10-12-4-2-1-3-5-12)15(18)11-19-13-6-8-17-9-7-13/h6-9,12,14-15,18H,1-5,10-11,16H2/t14-,15-/m0/s1. The third kappa shape index (κ3) is 4.80. The van der Waals surface area contributed by atoms with Crippen molar-refractivity contribution in [3.05, 3.63) is 24.5 Å². The minimum absolute atomic E-state index is 0.190. The van der Waals surface area contributed by atoms with E-state index in [4.69, 9.17) is 10.5 Å². The molecule has 3 N–H and O–H groups in total. The van der Waals surface area contributed by atoms with Gasteiger partial charge in [0.05, 0.1) is 0 Å². The number of hydrogen-bond acceptors (Lipinski definition) is 4. The van der Waals surface area contributed by atoms with E-state index < -0.39 is 6.10 Å². The van der Waals surface area contributed by atoms with Crippen LogP contribution in [0.4, 0.5) is 0 Å². The van der Waals surface area contributed by atoms with Crippen molar-refractivity contribution in [2.24, 2.45) is 11.7 Å². The van der Waals surface area contributed by atoms with Crippen molar-refractivity contribution < 1.29 is 9.84 Å². The van der Waals surface area contributed by atoms with Gasteiger partial charge in [-0.15, -0.1) is 0 Å². The van der Waals surface area contributed by atoms with Crippen LogP contribution >= 0.6 is 0 Å². The van der Waals surface area contributed by atoms with Crippen molar-refractivity contribution in [1.82, 2.24) is 4.98 Å². The number of aliphatic hydroxyl groups is 1. The Morgan fingerprint density at radius 2 is 1.95 bits per heavy atom. The van der Waals surface area contributed by atoms with Gasteiger partial charge in [-0.3, -0.25) is 4.98 Å². The number of hydrogen-bond donors (Lipinski definition) is 2. The number of nitrogens with two attached hydrogens (primary N) is 1. The summed E-state index contributed by atoms with van der Waals surface area (Å²) in [5.41, 5.74) is 6.07. The fourth-order valence-corrected chi connectivity index (χ4v) is 2.70. The molecule has 19 heavy (non-hydrogen) atoms. The van der Waals surface area contributed by atoms with Crippen molar-refractivity contribution in [1.29, 1.82) is 0 Å².